The standard InChI is InChI=1S/C11H20BNO2/c1-10(2)11(3,4)15-12(14-10)9-6-7-13(5)8-9/h6-7,9H,8H2,1-5H3. The van der Waals surface area contributed by atoms with Crippen LogP contribution in [0.5, 0.6) is 0 Å². The lowest BCUT2D eigenvalue weighted by atomic mass is 9.72. The summed E-state index contributed by atoms with van der Waals surface area (Å²) in [6.45, 7) is 9.35. The van der Waals surface area contributed by atoms with Gasteiger partial charge in [0, 0.05) is 19.4 Å². The van der Waals surface area contributed by atoms with Gasteiger partial charge in [0.2, 0.25) is 0 Å². The first-order valence-corrected chi connectivity index (χ1v) is 5.56. The molecule has 0 amide bonds. The summed E-state index contributed by atoms with van der Waals surface area (Å²) >= 11 is 0. The Kier molecular flexibility index (Phi) is 2.39. The normalized spacial score (nSPS) is 32.7. The molecule has 3 nitrogen and oxygen atoms in total. The van der Waals surface area contributed by atoms with Crippen molar-refractivity contribution in [3.63, 3.8) is 0 Å². The second kappa shape index (κ2) is 3.26. The van der Waals surface area contributed by atoms with Crippen molar-refractivity contribution in [1.29, 1.82) is 0 Å². The Hall–Kier alpha value is -0.475. The Morgan fingerprint density at radius 1 is 1.20 bits per heavy atom. The SMILES string of the molecule is CN1C=CC(B2OC(C)(C)C(C)(C)O2)C1. The average molecular weight is 209 g/mol. The van der Waals surface area contributed by atoms with Crippen LogP contribution in [0.15, 0.2) is 12.3 Å². The third-order valence-electron chi connectivity index (χ3n) is 3.71. The number of hydrogen-bond acceptors (Lipinski definition) is 3. The molecule has 0 bridgehead atoms. The predicted octanol–water partition coefficient (Wildman–Crippen LogP) is 1.91. The summed E-state index contributed by atoms with van der Waals surface area (Å²) in [6.07, 6.45) is 4.26. The van der Waals surface area contributed by atoms with Gasteiger partial charge in [-0.25, -0.2) is 0 Å². The maximum atomic E-state index is 6.00. The van der Waals surface area contributed by atoms with Gasteiger partial charge >= 0.3 is 7.12 Å². The molecular formula is C11H20BNO2. The van der Waals surface area contributed by atoms with E-state index in [4.69, 9.17) is 9.31 Å². The van der Waals surface area contributed by atoms with Crippen LogP contribution in [0.3, 0.4) is 0 Å². The fraction of sp³-hybridized carbons (Fsp3) is 0.818. The maximum absolute atomic E-state index is 6.00. The number of hydrogen-bond donors (Lipinski definition) is 0. The van der Waals surface area contributed by atoms with Crippen molar-refractivity contribution in [3.8, 4) is 0 Å². The molecule has 0 aromatic heterocycles. The van der Waals surface area contributed by atoms with E-state index in [1.165, 1.54) is 0 Å². The second-order valence-electron chi connectivity index (χ2n) is 5.57. The van der Waals surface area contributed by atoms with Crippen molar-refractivity contribution in [2.45, 2.75) is 44.7 Å². The van der Waals surface area contributed by atoms with Crippen molar-refractivity contribution >= 4 is 7.12 Å². The van der Waals surface area contributed by atoms with Gasteiger partial charge in [0.05, 0.1) is 11.2 Å². The molecule has 2 aliphatic heterocycles. The molecule has 0 aliphatic carbocycles. The third-order valence-corrected chi connectivity index (χ3v) is 3.71. The van der Waals surface area contributed by atoms with Gasteiger partial charge in [-0.15, -0.1) is 0 Å². The van der Waals surface area contributed by atoms with Gasteiger partial charge in [-0.3, -0.25) is 0 Å². The van der Waals surface area contributed by atoms with Crippen LogP contribution in [-0.2, 0) is 9.31 Å². The van der Waals surface area contributed by atoms with E-state index in [1.54, 1.807) is 0 Å². The molecule has 2 rings (SSSR count). The van der Waals surface area contributed by atoms with Crippen molar-refractivity contribution in [3.05, 3.63) is 12.3 Å². The van der Waals surface area contributed by atoms with Crippen LogP contribution >= 0.6 is 0 Å². The molecule has 2 heterocycles. The van der Waals surface area contributed by atoms with Crippen LogP contribution < -0.4 is 0 Å². The zero-order valence-corrected chi connectivity index (χ0v) is 10.3. The quantitative estimate of drug-likeness (QED) is 0.615. The van der Waals surface area contributed by atoms with Gasteiger partial charge in [-0.05, 0) is 33.9 Å². The summed E-state index contributed by atoms with van der Waals surface area (Å²) in [5.41, 5.74) is -0.431. The van der Waals surface area contributed by atoms with E-state index < -0.39 is 0 Å². The molecule has 15 heavy (non-hydrogen) atoms. The lowest BCUT2D eigenvalue weighted by Crippen LogP contribution is -2.41. The van der Waals surface area contributed by atoms with Crippen LogP contribution in [0.2, 0.25) is 5.82 Å². The van der Waals surface area contributed by atoms with Gasteiger partial charge in [-0.1, -0.05) is 6.08 Å². The van der Waals surface area contributed by atoms with Crippen molar-refractivity contribution < 1.29 is 9.31 Å². The summed E-state index contributed by atoms with van der Waals surface area (Å²) in [5, 5.41) is 0. The monoisotopic (exact) mass is 209 g/mol. The van der Waals surface area contributed by atoms with E-state index in [0.29, 0.717) is 5.82 Å². The minimum Gasteiger partial charge on any atom is -0.403 e. The van der Waals surface area contributed by atoms with Gasteiger partial charge in [-0.2, -0.15) is 0 Å². The molecule has 1 fully saturated rings. The Labute approximate surface area is 92.6 Å². The minimum absolute atomic E-state index is 0.101. The van der Waals surface area contributed by atoms with Crippen LogP contribution in [0.1, 0.15) is 27.7 Å². The van der Waals surface area contributed by atoms with Crippen LogP contribution in [0, 0.1) is 0 Å². The minimum atomic E-state index is -0.216. The highest BCUT2D eigenvalue weighted by Gasteiger charge is 2.53. The first-order chi connectivity index (χ1) is 6.82. The van der Waals surface area contributed by atoms with E-state index in [1.807, 2.05) is 0 Å². The summed E-state index contributed by atoms with van der Waals surface area (Å²) in [6, 6.07) is 0. The molecule has 0 radical (unpaired) electrons. The van der Waals surface area contributed by atoms with Gasteiger partial charge < -0.3 is 14.2 Å². The molecule has 2 aliphatic rings. The summed E-state index contributed by atoms with van der Waals surface area (Å²) in [4.78, 5) is 2.16. The highest BCUT2D eigenvalue weighted by Crippen LogP contribution is 2.41. The van der Waals surface area contributed by atoms with Gasteiger partial charge in [0.25, 0.3) is 0 Å². The Balaban J connectivity index is 2.07. The number of rotatable bonds is 1. The topological polar surface area (TPSA) is 21.7 Å². The van der Waals surface area contributed by atoms with Crippen LogP contribution in [0.4, 0.5) is 0 Å². The summed E-state index contributed by atoms with van der Waals surface area (Å²) in [7, 11) is 1.97. The summed E-state index contributed by atoms with van der Waals surface area (Å²) < 4.78 is 12.0. The maximum Gasteiger partial charge on any atom is 0.467 e. The largest absolute Gasteiger partial charge is 0.467 e. The molecule has 0 spiro atoms. The Morgan fingerprint density at radius 2 is 1.73 bits per heavy atom. The molecule has 0 aromatic rings. The molecule has 0 saturated carbocycles. The molecule has 1 atom stereocenters. The molecular weight excluding hydrogens is 189 g/mol. The first kappa shape index (κ1) is 11.0. The zero-order valence-electron chi connectivity index (χ0n) is 10.3. The van der Waals surface area contributed by atoms with E-state index in [9.17, 15) is 0 Å². The average Bonchev–Trinajstić information content (AvgIpc) is 2.56. The van der Waals surface area contributed by atoms with E-state index in [-0.39, 0.29) is 18.3 Å². The van der Waals surface area contributed by atoms with Gasteiger partial charge in [0.15, 0.2) is 0 Å². The fourth-order valence-corrected chi connectivity index (χ4v) is 1.95. The summed E-state index contributed by atoms with van der Waals surface area (Å²) in [5.74, 6) is 0.357. The zero-order chi connectivity index (χ0) is 11.3. The van der Waals surface area contributed by atoms with Crippen molar-refractivity contribution in [2.24, 2.45) is 0 Å². The highest BCUT2D eigenvalue weighted by atomic mass is 16.7. The van der Waals surface area contributed by atoms with E-state index >= 15 is 0 Å². The Bertz CT molecular complexity index is 272. The molecule has 0 N–H and O–H groups in total. The van der Waals surface area contributed by atoms with Crippen LogP contribution in [0.25, 0.3) is 0 Å². The van der Waals surface area contributed by atoms with Crippen molar-refractivity contribution in [2.75, 3.05) is 13.6 Å². The van der Waals surface area contributed by atoms with Gasteiger partial charge in [0.1, 0.15) is 0 Å². The van der Waals surface area contributed by atoms with E-state index in [0.717, 1.165) is 6.54 Å². The fourth-order valence-electron chi connectivity index (χ4n) is 1.95. The van der Waals surface area contributed by atoms with Crippen LogP contribution in [-0.4, -0.2) is 36.8 Å². The molecule has 84 valence electrons. The molecule has 1 unspecified atom stereocenters. The smallest absolute Gasteiger partial charge is 0.403 e. The molecule has 4 heteroatoms. The first-order valence-electron chi connectivity index (χ1n) is 5.56. The number of nitrogens with zero attached hydrogens (tertiary/aromatic N) is 1. The second-order valence-corrected chi connectivity index (χ2v) is 5.57. The van der Waals surface area contributed by atoms with Crippen molar-refractivity contribution in [1.82, 2.24) is 4.90 Å². The lowest BCUT2D eigenvalue weighted by molar-refractivity contribution is 0.00578. The highest BCUT2D eigenvalue weighted by molar-refractivity contribution is 6.48. The third kappa shape index (κ3) is 1.81. The molecule has 1 saturated heterocycles. The van der Waals surface area contributed by atoms with E-state index in [2.05, 4.69) is 51.9 Å². The molecule has 0 aromatic carbocycles. The predicted molar refractivity (Wildman–Crippen MR) is 61.6 cm³/mol. The lowest BCUT2D eigenvalue weighted by Gasteiger charge is -2.32. The Morgan fingerprint density at radius 3 is 2.13 bits per heavy atom.